The first-order valence-corrected chi connectivity index (χ1v) is 18.7. The molecule has 2 aliphatic rings. The molecule has 42 heavy (non-hydrogen) atoms. The fourth-order valence-corrected chi connectivity index (χ4v) is 6.70. The zero-order valence-electron chi connectivity index (χ0n) is 26.0. The molecule has 0 bridgehead atoms. The number of hydrogen-bond acceptors (Lipinski definition) is 7. The highest BCUT2D eigenvalue weighted by molar-refractivity contribution is 6.76. The highest BCUT2D eigenvalue weighted by Gasteiger charge is 2.49. The van der Waals surface area contributed by atoms with Crippen LogP contribution in [0, 0.1) is 11.3 Å². The average Bonchev–Trinajstić information content (AvgIpc) is 3.55. The van der Waals surface area contributed by atoms with Crippen molar-refractivity contribution in [1.82, 2.24) is 29.1 Å². The molecule has 2 fully saturated rings. The molecule has 10 nitrogen and oxygen atoms in total. The molecule has 1 saturated heterocycles. The monoisotopic (exact) mass is 591 g/mol. The summed E-state index contributed by atoms with van der Waals surface area (Å²) in [5.41, 5.74) is 2.19. The highest BCUT2D eigenvalue weighted by atomic mass is 28.3. The normalized spacial score (nSPS) is 21.7. The number of carbonyl (C=O) groups excluding carboxylic acids is 1. The zero-order chi connectivity index (χ0) is 30.1. The van der Waals surface area contributed by atoms with Crippen molar-refractivity contribution in [3.63, 3.8) is 0 Å². The molecule has 3 aromatic rings. The Morgan fingerprint density at radius 2 is 1.90 bits per heavy atom. The third-order valence-corrected chi connectivity index (χ3v) is 10.1. The van der Waals surface area contributed by atoms with Gasteiger partial charge in [0.2, 0.25) is 0 Å². The molecule has 0 unspecified atom stereocenters. The summed E-state index contributed by atoms with van der Waals surface area (Å²) in [7, 11) is -1.13. The van der Waals surface area contributed by atoms with Crippen molar-refractivity contribution in [3.8, 4) is 17.2 Å². The molecule has 0 spiro atoms. The standard InChI is InChI=1S/C31H45N7O3Si/c1-30(2,3)41-29(39)36-15-13-35(14-16-36)25-19-31(20-25,9-10-32)38-22-24(21-34-38)26-7-11-33-28-27(26)8-12-37(28)23-40-17-18-42(4,5)6/h7-8,11-12,21-22,25H,9,13-20,23H2,1-6H3/t25-,31-. The molecular formula is C31H45N7O3Si. The van der Waals surface area contributed by atoms with Crippen LogP contribution in [0.15, 0.2) is 36.9 Å². The van der Waals surface area contributed by atoms with E-state index in [0.717, 1.165) is 60.7 Å². The van der Waals surface area contributed by atoms with Gasteiger partial charge in [-0.3, -0.25) is 9.58 Å². The minimum absolute atomic E-state index is 0.242. The molecule has 1 saturated carbocycles. The summed E-state index contributed by atoms with van der Waals surface area (Å²) in [5, 5.41) is 15.6. The molecule has 1 aliphatic heterocycles. The molecule has 226 valence electrons. The Labute approximate surface area is 250 Å². The van der Waals surface area contributed by atoms with Crippen molar-refractivity contribution < 1.29 is 14.3 Å². The van der Waals surface area contributed by atoms with E-state index in [1.807, 2.05) is 50.1 Å². The number of fused-ring (bicyclic) bond motifs is 1. The number of rotatable bonds is 9. The van der Waals surface area contributed by atoms with Gasteiger partial charge in [-0.1, -0.05) is 19.6 Å². The van der Waals surface area contributed by atoms with Crippen LogP contribution in [0.2, 0.25) is 25.7 Å². The lowest BCUT2D eigenvalue weighted by molar-refractivity contribution is -0.0268. The predicted octanol–water partition coefficient (Wildman–Crippen LogP) is 5.54. The Hall–Kier alpha value is -3.20. The van der Waals surface area contributed by atoms with Gasteiger partial charge in [-0.05, 0) is 57.4 Å². The van der Waals surface area contributed by atoms with Crippen LogP contribution in [0.4, 0.5) is 4.79 Å². The molecule has 0 radical (unpaired) electrons. The minimum atomic E-state index is -1.13. The largest absolute Gasteiger partial charge is 0.444 e. The predicted molar refractivity (Wildman–Crippen MR) is 166 cm³/mol. The van der Waals surface area contributed by atoms with Gasteiger partial charge in [0.25, 0.3) is 0 Å². The lowest BCUT2D eigenvalue weighted by atomic mass is 9.70. The smallest absolute Gasteiger partial charge is 0.410 e. The summed E-state index contributed by atoms with van der Waals surface area (Å²) < 4.78 is 15.6. The first-order chi connectivity index (χ1) is 19.9. The molecular weight excluding hydrogens is 546 g/mol. The van der Waals surface area contributed by atoms with E-state index in [-0.39, 0.29) is 11.6 Å². The number of amides is 1. The van der Waals surface area contributed by atoms with Crippen molar-refractivity contribution in [2.75, 3.05) is 32.8 Å². The Morgan fingerprint density at radius 1 is 1.17 bits per heavy atom. The van der Waals surface area contributed by atoms with Crippen LogP contribution < -0.4 is 0 Å². The van der Waals surface area contributed by atoms with Gasteiger partial charge in [-0.2, -0.15) is 10.4 Å². The third kappa shape index (κ3) is 6.71. The van der Waals surface area contributed by atoms with Gasteiger partial charge in [-0.15, -0.1) is 0 Å². The molecule has 11 heteroatoms. The van der Waals surface area contributed by atoms with E-state index in [1.165, 1.54) is 0 Å². The van der Waals surface area contributed by atoms with Crippen LogP contribution in [0.1, 0.15) is 40.0 Å². The van der Waals surface area contributed by atoms with Gasteiger partial charge >= 0.3 is 6.09 Å². The lowest BCUT2D eigenvalue weighted by Crippen LogP contribution is -2.60. The number of carbonyl (C=O) groups is 1. The van der Waals surface area contributed by atoms with Crippen LogP contribution >= 0.6 is 0 Å². The second-order valence-corrected chi connectivity index (χ2v) is 19.6. The lowest BCUT2D eigenvalue weighted by Gasteiger charge is -2.52. The fourth-order valence-electron chi connectivity index (χ4n) is 5.94. The Morgan fingerprint density at radius 3 is 2.57 bits per heavy atom. The van der Waals surface area contributed by atoms with E-state index in [1.54, 1.807) is 4.90 Å². The number of nitriles is 1. The zero-order valence-corrected chi connectivity index (χ0v) is 27.0. The van der Waals surface area contributed by atoms with Crippen molar-refractivity contribution in [3.05, 3.63) is 36.9 Å². The Kier molecular flexibility index (Phi) is 8.52. The molecule has 1 aliphatic carbocycles. The van der Waals surface area contributed by atoms with E-state index in [0.29, 0.717) is 32.3 Å². The summed E-state index contributed by atoms with van der Waals surface area (Å²) in [6.07, 6.45) is 9.78. The topological polar surface area (TPSA) is 101 Å². The maximum Gasteiger partial charge on any atom is 0.410 e. The summed E-state index contributed by atoms with van der Waals surface area (Å²) in [6, 6.07) is 8.05. The summed E-state index contributed by atoms with van der Waals surface area (Å²) in [4.78, 5) is 21.4. The van der Waals surface area contributed by atoms with E-state index in [2.05, 4.69) is 52.4 Å². The molecule has 0 aromatic carbocycles. The fraction of sp³-hybridized carbons (Fsp3) is 0.613. The number of ether oxygens (including phenoxy) is 2. The van der Waals surface area contributed by atoms with Crippen molar-refractivity contribution in [2.24, 2.45) is 0 Å². The number of piperazine rings is 1. The molecule has 0 N–H and O–H groups in total. The molecule has 0 atom stereocenters. The van der Waals surface area contributed by atoms with Crippen LogP contribution in [0.25, 0.3) is 22.2 Å². The number of nitrogens with zero attached hydrogens (tertiary/aromatic N) is 7. The van der Waals surface area contributed by atoms with Crippen molar-refractivity contribution >= 4 is 25.2 Å². The second-order valence-electron chi connectivity index (χ2n) is 14.0. The number of hydrogen-bond donors (Lipinski definition) is 0. The van der Waals surface area contributed by atoms with Gasteiger partial charge in [0.1, 0.15) is 18.0 Å². The maximum absolute atomic E-state index is 12.5. The van der Waals surface area contributed by atoms with Crippen LogP contribution in [0.5, 0.6) is 0 Å². The van der Waals surface area contributed by atoms with Crippen LogP contribution in [0.3, 0.4) is 0 Å². The quantitative estimate of drug-likeness (QED) is 0.238. The Balaban J connectivity index is 1.23. The van der Waals surface area contributed by atoms with Gasteiger partial charge < -0.3 is 18.9 Å². The van der Waals surface area contributed by atoms with Crippen molar-refractivity contribution in [2.45, 2.75) is 89.6 Å². The van der Waals surface area contributed by atoms with Crippen molar-refractivity contribution in [1.29, 1.82) is 5.26 Å². The van der Waals surface area contributed by atoms with E-state index >= 15 is 0 Å². The highest BCUT2D eigenvalue weighted by Crippen LogP contribution is 2.45. The summed E-state index contributed by atoms with van der Waals surface area (Å²) in [6.45, 7) is 16.9. The minimum Gasteiger partial charge on any atom is -0.444 e. The molecule has 4 heterocycles. The molecule has 1 amide bonds. The third-order valence-electron chi connectivity index (χ3n) is 8.39. The molecule has 3 aromatic heterocycles. The van der Waals surface area contributed by atoms with E-state index in [9.17, 15) is 10.1 Å². The number of pyridine rings is 1. The summed E-state index contributed by atoms with van der Waals surface area (Å²) >= 11 is 0. The van der Waals surface area contributed by atoms with Gasteiger partial charge in [0.15, 0.2) is 0 Å². The maximum atomic E-state index is 12.5. The first-order valence-electron chi connectivity index (χ1n) is 15.0. The first kappa shape index (κ1) is 30.3. The average molecular weight is 592 g/mol. The second kappa shape index (κ2) is 11.8. The van der Waals surface area contributed by atoms with Crippen LogP contribution in [-0.4, -0.2) is 87.7 Å². The SMILES string of the molecule is CC(C)(C)OC(=O)N1CCN([C@H]2C[C@](CC#N)(n3cc(-c4ccnc5c4ccn5COCC[Si](C)(C)C)cn3)C2)CC1. The van der Waals surface area contributed by atoms with Gasteiger partial charge in [0.05, 0.1) is 24.2 Å². The van der Waals surface area contributed by atoms with E-state index < -0.39 is 13.7 Å². The van der Waals surface area contributed by atoms with Gasteiger partial charge in [-0.25, -0.2) is 9.78 Å². The van der Waals surface area contributed by atoms with Crippen LogP contribution in [-0.2, 0) is 21.7 Å². The number of aromatic nitrogens is 4. The molecule has 5 rings (SSSR count). The Bertz CT molecular complexity index is 1430. The summed E-state index contributed by atoms with van der Waals surface area (Å²) in [5.74, 6) is 0. The van der Waals surface area contributed by atoms with Gasteiger partial charge in [0, 0.05) is 76.4 Å². The van der Waals surface area contributed by atoms with E-state index in [4.69, 9.17) is 14.6 Å².